The van der Waals surface area contributed by atoms with Crippen LogP contribution in [-0.2, 0) is 11.3 Å². The van der Waals surface area contributed by atoms with Crippen LogP contribution in [0.15, 0.2) is 27.7 Å². The van der Waals surface area contributed by atoms with E-state index in [-0.39, 0.29) is 5.82 Å². The van der Waals surface area contributed by atoms with Gasteiger partial charge in [0.1, 0.15) is 5.82 Å². The third-order valence-electron chi connectivity index (χ3n) is 2.88. The van der Waals surface area contributed by atoms with Gasteiger partial charge in [0.25, 0.3) is 0 Å². The van der Waals surface area contributed by atoms with Gasteiger partial charge < -0.3 is 15.4 Å². The molecule has 0 unspecified atom stereocenters. The summed E-state index contributed by atoms with van der Waals surface area (Å²) >= 11 is 3.14. The van der Waals surface area contributed by atoms with Gasteiger partial charge in [-0.05, 0) is 46.0 Å². The summed E-state index contributed by atoms with van der Waals surface area (Å²) in [5.41, 5.74) is 0.865. The van der Waals surface area contributed by atoms with Crippen LogP contribution in [0.4, 0.5) is 4.39 Å². The zero-order valence-corrected chi connectivity index (χ0v) is 15.0. The number of ether oxygens (including phenoxy) is 1. The Labute approximate surface area is 140 Å². The molecule has 0 saturated heterocycles. The van der Waals surface area contributed by atoms with Crippen molar-refractivity contribution in [1.29, 1.82) is 0 Å². The van der Waals surface area contributed by atoms with Gasteiger partial charge in [0.15, 0.2) is 5.96 Å². The van der Waals surface area contributed by atoms with Gasteiger partial charge in [-0.3, -0.25) is 4.99 Å². The first-order chi connectivity index (χ1) is 10.5. The minimum absolute atomic E-state index is 0.260. The molecule has 1 aromatic rings. The zero-order valence-electron chi connectivity index (χ0n) is 13.5. The van der Waals surface area contributed by atoms with Crippen LogP contribution in [-0.4, -0.2) is 32.8 Å². The van der Waals surface area contributed by atoms with E-state index in [4.69, 9.17) is 4.74 Å². The molecule has 0 spiro atoms. The fourth-order valence-electron chi connectivity index (χ4n) is 1.76. The van der Waals surface area contributed by atoms with Crippen molar-refractivity contribution in [2.75, 3.05) is 26.8 Å². The summed E-state index contributed by atoms with van der Waals surface area (Å²) in [6.07, 6.45) is 0.917. The molecule has 0 radical (unpaired) electrons. The van der Waals surface area contributed by atoms with Gasteiger partial charge in [0.05, 0.1) is 4.47 Å². The molecule has 0 atom stereocenters. The van der Waals surface area contributed by atoms with E-state index in [2.05, 4.69) is 45.4 Å². The Morgan fingerprint density at radius 3 is 2.77 bits per heavy atom. The first kappa shape index (κ1) is 18.9. The smallest absolute Gasteiger partial charge is 0.191 e. The Bertz CT molecular complexity index is 480. The van der Waals surface area contributed by atoms with Crippen LogP contribution in [0.5, 0.6) is 0 Å². The van der Waals surface area contributed by atoms with Crippen molar-refractivity contribution in [3.05, 3.63) is 34.1 Å². The van der Waals surface area contributed by atoms with Crippen LogP contribution >= 0.6 is 15.9 Å². The molecule has 0 bridgehead atoms. The van der Waals surface area contributed by atoms with Crippen LogP contribution in [0.2, 0.25) is 0 Å². The van der Waals surface area contributed by atoms with E-state index in [1.165, 1.54) is 6.07 Å². The van der Waals surface area contributed by atoms with E-state index >= 15 is 0 Å². The van der Waals surface area contributed by atoms with Crippen molar-refractivity contribution in [1.82, 2.24) is 10.6 Å². The van der Waals surface area contributed by atoms with E-state index < -0.39 is 0 Å². The molecule has 4 nitrogen and oxygen atoms in total. The van der Waals surface area contributed by atoms with E-state index in [9.17, 15) is 4.39 Å². The predicted molar refractivity (Wildman–Crippen MR) is 92.6 cm³/mol. The Hall–Kier alpha value is -1.14. The van der Waals surface area contributed by atoms with Crippen molar-refractivity contribution in [2.24, 2.45) is 10.9 Å². The second-order valence-corrected chi connectivity index (χ2v) is 6.28. The van der Waals surface area contributed by atoms with Crippen molar-refractivity contribution < 1.29 is 9.13 Å². The molecule has 1 rings (SSSR count). The van der Waals surface area contributed by atoms with Crippen LogP contribution in [0.3, 0.4) is 0 Å². The average molecular weight is 374 g/mol. The van der Waals surface area contributed by atoms with Gasteiger partial charge in [-0.15, -0.1) is 0 Å². The summed E-state index contributed by atoms with van der Waals surface area (Å²) in [7, 11) is 1.72. The molecule has 1 aromatic carbocycles. The first-order valence-electron chi connectivity index (χ1n) is 7.49. The summed E-state index contributed by atoms with van der Waals surface area (Å²) in [5, 5.41) is 6.37. The van der Waals surface area contributed by atoms with Gasteiger partial charge >= 0.3 is 0 Å². The molecule has 0 aromatic heterocycles. The van der Waals surface area contributed by atoms with Gasteiger partial charge in [0, 0.05) is 33.4 Å². The minimum atomic E-state index is -0.260. The zero-order chi connectivity index (χ0) is 16.4. The lowest BCUT2D eigenvalue weighted by Gasteiger charge is -2.12. The molecule has 0 saturated carbocycles. The maximum atomic E-state index is 13.4. The topological polar surface area (TPSA) is 45.7 Å². The number of rotatable bonds is 8. The molecule has 0 aliphatic heterocycles. The standard InChI is InChI=1S/C16H25BrFN3O/c1-12(2)11-22-8-4-7-20-16(19-3)21-10-13-5-6-14(17)15(18)9-13/h5-6,9,12H,4,7-8,10-11H2,1-3H3,(H2,19,20,21). The van der Waals surface area contributed by atoms with Crippen molar-refractivity contribution in [3.8, 4) is 0 Å². The molecular formula is C16H25BrFN3O. The SMILES string of the molecule is CN=C(NCCCOCC(C)C)NCc1ccc(Br)c(F)c1. The van der Waals surface area contributed by atoms with Gasteiger partial charge in [-0.1, -0.05) is 19.9 Å². The molecule has 0 heterocycles. The van der Waals surface area contributed by atoms with Crippen molar-refractivity contribution in [2.45, 2.75) is 26.8 Å². The van der Waals surface area contributed by atoms with E-state index in [1.54, 1.807) is 13.1 Å². The fourth-order valence-corrected chi connectivity index (χ4v) is 2.00. The average Bonchev–Trinajstić information content (AvgIpc) is 2.49. The third-order valence-corrected chi connectivity index (χ3v) is 3.52. The third kappa shape index (κ3) is 7.75. The summed E-state index contributed by atoms with van der Waals surface area (Å²) in [6, 6.07) is 5.08. The number of hydrogen-bond acceptors (Lipinski definition) is 2. The first-order valence-corrected chi connectivity index (χ1v) is 8.28. The second kappa shape index (κ2) is 10.6. The van der Waals surface area contributed by atoms with Crippen LogP contribution in [0.1, 0.15) is 25.8 Å². The lowest BCUT2D eigenvalue weighted by molar-refractivity contribution is 0.108. The summed E-state index contributed by atoms with van der Waals surface area (Å²) in [4.78, 5) is 4.14. The summed E-state index contributed by atoms with van der Waals surface area (Å²) in [5.74, 6) is 1.01. The van der Waals surface area contributed by atoms with Crippen LogP contribution < -0.4 is 10.6 Å². The lowest BCUT2D eigenvalue weighted by Crippen LogP contribution is -2.37. The normalized spacial score (nSPS) is 11.8. The molecule has 0 aliphatic rings. The minimum Gasteiger partial charge on any atom is -0.381 e. The maximum absolute atomic E-state index is 13.4. The molecule has 0 fully saturated rings. The highest BCUT2D eigenvalue weighted by Crippen LogP contribution is 2.16. The monoisotopic (exact) mass is 373 g/mol. The number of nitrogens with one attached hydrogen (secondary N) is 2. The number of halogens is 2. The molecule has 0 amide bonds. The van der Waals surface area contributed by atoms with Gasteiger partial charge in [0.2, 0.25) is 0 Å². The second-order valence-electron chi connectivity index (χ2n) is 5.42. The summed E-state index contributed by atoms with van der Waals surface area (Å²) in [6.45, 7) is 7.10. The van der Waals surface area contributed by atoms with E-state index in [1.807, 2.05) is 6.07 Å². The molecule has 22 heavy (non-hydrogen) atoms. The number of guanidine groups is 1. The number of nitrogens with zero attached hydrogens (tertiary/aromatic N) is 1. The molecular weight excluding hydrogens is 349 g/mol. The Morgan fingerprint density at radius 1 is 1.36 bits per heavy atom. The van der Waals surface area contributed by atoms with Crippen LogP contribution in [0.25, 0.3) is 0 Å². The Kier molecular flexibility index (Phi) is 9.08. The Balaban J connectivity index is 2.23. The lowest BCUT2D eigenvalue weighted by atomic mass is 10.2. The molecule has 6 heteroatoms. The molecule has 2 N–H and O–H groups in total. The number of aliphatic imine (C=N–C) groups is 1. The summed E-state index contributed by atoms with van der Waals surface area (Å²) < 4.78 is 19.4. The highest BCUT2D eigenvalue weighted by Gasteiger charge is 2.02. The molecule has 0 aliphatic carbocycles. The van der Waals surface area contributed by atoms with Crippen molar-refractivity contribution >= 4 is 21.9 Å². The van der Waals surface area contributed by atoms with Crippen LogP contribution in [0, 0.1) is 11.7 Å². The number of hydrogen-bond donors (Lipinski definition) is 2. The highest BCUT2D eigenvalue weighted by molar-refractivity contribution is 9.10. The van der Waals surface area contributed by atoms with Gasteiger partial charge in [-0.2, -0.15) is 0 Å². The quantitative estimate of drug-likeness (QED) is 0.417. The number of benzene rings is 1. The highest BCUT2D eigenvalue weighted by atomic mass is 79.9. The Morgan fingerprint density at radius 2 is 2.14 bits per heavy atom. The van der Waals surface area contributed by atoms with E-state index in [0.717, 1.165) is 31.7 Å². The maximum Gasteiger partial charge on any atom is 0.191 e. The molecule has 124 valence electrons. The predicted octanol–water partition coefficient (Wildman–Crippen LogP) is 3.32. The van der Waals surface area contributed by atoms with Crippen molar-refractivity contribution in [3.63, 3.8) is 0 Å². The largest absolute Gasteiger partial charge is 0.381 e. The fraction of sp³-hybridized carbons (Fsp3) is 0.562. The van der Waals surface area contributed by atoms with Gasteiger partial charge in [-0.25, -0.2) is 4.39 Å². The van der Waals surface area contributed by atoms with E-state index in [0.29, 0.717) is 22.9 Å².